The number of rotatable bonds is 2. The Kier molecular flexibility index (Phi) is 3.13. The summed E-state index contributed by atoms with van der Waals surface area (Å²) in [6, 6.07) is 8.43. The summed E-state index contributed by atoms with van der Waals surface area (Å²) < 4.78 is 1.98. The van der Waals surface area contributed by atoms with Gasteiger partial charge in [-0.05, 0) is 49.2 Å². The molecule has 4 rings (SSSR count). The number of nitrogens with zero attached hydrogens (tertiary/aromatic N) is 3. The van der Waals surface area contributed by atoms with Gasteiger partial charge in [-0.1, -0.05) is 11.6 Å². The maximum atomic E-state index is 6.09. The monoisotopic (exact) mass is 298 g/mol. The normalized spacial score (nSPS) is 18.4. The number of halogens is 1. The van der Waals surface area contributed by atoms with Crippen LogP contribution in [0.5, 0.6) is 0 Å². The molecule has 1 saturated heterocycles. The number of nitrogens with one attached hydrogen (secondary N) is 1. The minimum absolute atomic E-state index is 0.439. The first-order valence-electron chi connectivity index (χ1n) is 7.13. The van der Waals surface area contributed by atoms with Crippen LogP contribution in [-0.4, -0.2) is 20.9 Å². The van der Waals surface area contributed by atoms with E-state index in [4.69, 9.17) is 11.6 Å². The van der Waals surface area contributed by atoms with Gasteiger partial charge in [-0.15, -0.1) is 0 Å². The highest BCUT2D eigenvalue weighted by molar-refractivity contribution is 6.30. The van der Waals surface area contributed by atoms with Gasteiger partial charge in [0, 0.05) is 18.4 Å². The molecule has 1 aliphatic rings. The Hall–Kier alpha value is -1.91. The Morgan fingerprint density at radius 2 is 2.19 bits per heavy atom. The number of imidazole rings is 1. The van der Waals surface area contributed by atoms with Crippen molar-refractivity contribution < 1.29 is 0 Å². The maximum absolute atomic E-state index is 6.09. The van der Waals surface area contributed by atoms with Gasteiger partial charge in [0.15, 0.2) is 0 Å². The lowest BCUT2D eigenvalue weighted by Crippen LogP contribution is -2.12. The number of hydrogen-bond donors (Lipinski definition) is 1. The molecule has 0 aliphatic carbocycles. The Bertz CT molecular complexity index is 790. The van der Waals surface area contributed by atoms with Crippen LogP contribution in [0.1, 0.15) is 24.4 Å². The van der Waals surface area contributed by atoms with Crippen molar-refractivity contribution in [3.05, 3.63) is 53.4 Å². The molecule has 3 aromatic heterocycles. The first-order chi connectivity index (χ1) is 10.3. The SMILES string of the molecule is Clc1ccc2ncc(-c3cc([C@@H]4CCCN4)ccn3)n2c1. The van der Waals surface area contributed by atoms with Gasteiger partial charge in [0.2, 0.25) is 0 Å². The first-order valence-corrected chi connectivity index (χ1v) is 7.51. The third-order valence-corrected chi connectivity index (χ3v) is 4.20. The second-order valence-corrected chi connectivity index (χ2v) is 5.78. The molecule has 0 unspecified atom stereocenters. The van der Waals surface area contributed by atoms with Crippen LogP contribution in [0.15, 0.2) is 42.9 Å². The molecule has 21 heavy (non-hydrogen) atoms. The fraction of sp³-hybridized carbons (Fsp3) is 0.250. The molecule has 1 N–H and O–H groups in total. The van der Waals surface area contributed by atoms with Gasteiger partial charge >= 0.3 is 0 Å². The number of pyridine rings is 2. The van der Waals surface area contributed by atoms with E-state index in [2.05, 4.69) is 27.4 Å². The third-order valence-electron chi connectivity index (χ3n) is 3.98. The van der Waals surface area contributed by atoms with E-state index >= 15 is 0 Å². The second kappa shape index (κ2) is 5.13. The van der Waals surface area contributed by atoms with Crippen LogP contribution >= 0.6 is 11.6 Å². The molecule has 0 saturated carbocycles. The summed E-state index contributed by atoms with van der Waals surface area (Å²) >= 11 is 6.09. The van der Waals surface area contributed by atoms with Gasteiger partial charge in [0.05, 0.1) is 22.6 Å². The highest BCUT2D eigenvalue weighted by Gasteiger charge is 2.17. The van der Waals surface area contributed by atoms with Crippen LogP contribution in [0.25, 0.3) is 17.0 Å². The summed E-state index contributed by atoms with van der Waals surface area (Å²) in [5.74, 6) is 0. The zero-order chi connectivity index (χ0) is 14.2. The molecule has 1 aliphatic heterocycles. The minimum Gasteiger partial charge on any atom is -0.310 e. The van der Waals surface area contributed by atoms with Crippen LogP contribution in [-0.2, 0) is 0 Å². The molecule has 5 heteroatoms. The first kappa shape index (κ1) is 12.8. The molecule has 0 aromatic carbocycles. The second-order valence-electron chi connectivity index (χ2n) is 5.34. The molecule has 106 valence electrons. The van der Waals surface area contributed by atoms with E-state index in [0.29, 0.717) is 11.1 Å². The Morgan fingerprint density at radius 1 is 1.24 bits per heavy atom. The fourth-order valence-electron chi connectivity index (χ4n) is 2.92. The van der Waals surface area contributed by atoms with E-state index in [9.17, 15) is 0 Å². The number of aromatic nitrogens is 3. The lowest BCUT2D eigenvalue weighted by molar-refractivity contribution is 0.647. The van der Waals surface area contributed by atoms with Crippen molar-refractivity contribution >= 4 is 17.2 Å². The van der Waals surface area contributed by atoms with E-state index in [0.717, 1.165) is 23.6 Å². The lowest BCUT2D eigenvalue weighted by atomic mass is 10.1. The molecule has 0 radical (unpaired) electrons. The summed E-state index contributed by atoms with van der Waals surface area (Å²) in [5, 5.41) is 4.21. The minimum atomic E-state index is 0.439. The van der Waals surface area contributed by atoms with Crippen molar-refractivity contribution in [3.8, 4) is 11.4 Å². The predicted octanol–water partition coefficient (Wildman–Crippen LogP) is 3.47. The zero-order valence-electron chi connectivity index (χ0n) is 11.5. The van der Waals surface area contributed by atoms with E-state index in [1.807, 2.05) is 35.1 Å². The predicted molar refractivity (Wildman–Crippen MR) is 83.4 cm³/mol. The molecule has 0 amide bonds. The van der Waals surface area contributed by atoms with Gasteiger partial charge in [-0.2, -0.15) is 0 Å². The highest BCUT2D eigenvalue weighted by Crippen LogP contribution is 2.27. The smallest absolute Gasteiger partial charge is 0.137 e. The van der Waals surface area contributed by atoms with Crippen LogP contribution in [0.4, 0.5) is 0 Å². The molecule has 0 spiro atoms. The van der Waals surface area contributed by atoms with E-state index in [1.165, 1.54) is 18.4 Å². The molecule has 1 atom stereocenters. The summed E-state index contributed by atoms with van der Waals surface area (Å²) in [5.41, 5.74) is 4.05. The number of fused-ring (bicyclic) bond motifs is 1. The van der Waals surface area contributed by atoms with Crippen molar-refractivity contribution in [1.82, 2.24) is 19.7 Å². The summed E-state index contributed by atoms with van der Waals surface area (Å²) in [6.07, 6.45) is 8.01. The third kappa shape index (κ3) is 2.30. The highest BCUT2D eigenvalue weighted by atomic mass is 35.5. The summed E-state index contributed by atoms with van der Waals surface area (Å²) in [7, 11) is 0. The van der Waals surface area contributed by atoms with Crippen LogP contribution in [0, 0.1) is 0 Å². The Morgan fingerprint density at radius 3 is 3.05 bits per heavy atom. The van der Waals surface area contributed by atoms with Crippen molar-refractivity contribution in [1.29, 1.82) is 0 Å². The van der Waals surface area contributed by atoms with Crippen LogP contribution < -0.4 is 5.32 Å². The summed E-state index contributed by atoms with van der Waals surface area (Å²) in [4.78, 5) is 8.91. The quantitative estimate of drug-likeness (QED) is 0.787. The van der Waals surface area contributed by atoms with Crippen LogP contribution in [0.3, 0.4) is 0 Å². The fourth-order valence-corrected chi connectivity index (χ4v) is 3.08. The zero-order valence-corrected chi connectivity index (χ0v) is 12.2. The van der Waals surface area contributed by atoms with Crippen molar-refractivity contribution in [2.24, 2.45) is 0 Å². The largest absolute Gasteiger partial charge is 0.310 e. The maximum Gasteiger partial charge on any atom is 0.137 e. The van der Waals surface area contributed by atoms with Crippen molar-refractivity contribution in [2.45, 2.75) is 18.9 Å². The molecule has 4 nitrogen and oxygen atoms in total. The molecule has 0 bridgehead atoms. The van der Waals surface area contributed by atoms with Crippen molar-refractivity contribution in [3.63, 3.8) is 0 Å². The summed E-state index contributed by atoms with van der Waals surface area (Å²) in [6.45, 7) is 1.09. The van der Waals surface area contributed by atoms with E-state index < -0.39 is 0 Å². The van der Waals surface area contributed by atoms with Crippen molar-refractivity contribution in [2.75, 3.05) is 6.54 Å². The number of hydrogen-bond acceptors (Lipinski definition) is 3. The molecular formula is C16H15ClN4. The van der Waals surface area contributed by atoms with Gasteiger partial charge in [-0.25, -0.2) is 4.98 Å². The lowest BCUT2D eigenvalue weighted by Gasteiger charge is -2.11. The topological polar surface area (TPSA) is 42.2 Å². The van der Waals surface area contributed by atoms with Gasteiger partial charge in [-0.3, -0.25) is 9.38 Å². The van der Waals surface area contributed by atoms with E-state index in [1.54, 1.807) is 0 Å². The van der Waals surface area contributed by atoms with E-state index in [-0.39, 0.29) is 0 Å². The molecule has 1 fully saturated rings. The average Bonchev–Trinajstić information content (AvgIpc) is 3.16. The molecular weight excluding hydrogens is 284 g/mol. The van der Waals surface area contributed by atoms with Gasteiger partial charge in [0.25, 0.3) is 0 Å². The molecule has 3 aromatic rings. The average molecular weight is 299 g/mol. The van der Waals surface area contributed by atoms with Crippen LogP contribution in [0.2, 0.25) is 5.02 Å². The Balaban J connectivity index is 1.81. The van der Waals surface area contributed by atoms with Gasteiger partial charge < -0.3 is 5.32 Å². The molecule has 4 heterocycles. The standard InChI is InChI=1S/C16H15ClN4/c17-12-3-4-16-20-9-15(21(16)10-12)14-8-11(5-7-19-14)13-2-1-6-18-13/h3-5,7-10,13,18H,1-2,6H2/t13-/m0/s1. The Labute approximate surface area is 127 Å². The van der Waals surface area contributed by atoms with Gasteiger partial charge in [0.1, 0.15) is 5.65 Å².